The molecule has 0 aliphatic heterocycles. The molecule has 1 aromatic rings. The first kappa shape index (κ1) is 11.5. The Bertz CT molecular complexity index is 354. The smallest absolute Gasteiger partial charge is 0.0671 e. The maximum Gasteiger partial charge on any atom is 0.0671 e. The zero-order valence-corrected chi connectivity index (χ0v) is 9.57. The van der Waals surface area contributed by atoms with Gasteiger partial charge >= 0.3 is 0 Å². The van der Waals surface area contributed by atoms with Crippen molar-refractivity contribution < 1.29 is 0 Å². The summed E-state index contributed by atoms with van der Waals surface area (Å²) in [5, 5.41) is 8.81. The summed E-state index contributed by atoms with van der Waals surface area (Å²) in [6, 6.07) is 4.26. The Morgan fingerprint density at radius 2 is 2.33 bits per heavy atom. The summed E-state index contributed by atoms with van der Waals surface area (Å²) in [5.74, 6) is 0.0533. The van der Waals surface area contributed by atoms with E-state index >= 15 is 0 Å². The van der Waals surface area contributed by atoms with E-state index in [4.69, 9.17) is 5.26 Å². The van der Waals surface area contributed by atoms with Crippen LogP contribution >= 0.6 is 0 Å². The summed E-state index contributed by atoms with van der Waals surface area (Å²) in [6.45, 7) is 7.78. The van der Waals surface area contributed by atoms with Crippen molar-refractivity contribution in [3.63, 3.8) is 0 Å². The summed E-state index contributed by atoms with van der Waals surface area (Å²) in [6.07, 6.45) is 3.65. The van der Waals surface area contributed by atoms with Crippen LogP contribution in [-0.4, -0.2) is 18.1 Å². The normalized spacial score (nSPS) is 11.9. The highest BCUT2D eigenvalue weighted by Gasteiger charge is 2.10. The van der Waals surface area contributed by atoms with Crippen LogP contribution in [0.2, 0.25) is 0 Å². The lowest BCUT2D eigenvalue weighted by Crippen LogP contribution is -2.28. The van der Waals surface area contributed by atoms with E-state index in [0.29, 0.717) is 0 Å². The van der Waals surface area contributed by atoms with Gasteiger partial charge in [-0.3, -0.25) is 4.98 Å². The summed E-state index contributed by atoms with van der Waals surface area (Å²) in [4.78, 5) is 6.28. The number of nitrogens with zero attached hydrogens (tertiary/aromatic N) is 3. The van der Waals surface area contributed by atoms with Gasteiger partial charge in [-0.05, 0) is 32.4 Å². The van der Waals surface area contributed by atoms with Crippen molar-refractivity contribution in [1.82, 2.24) is 4.98 Å². The fourth-order valence-electron chi connectivity index (χ4n) is 1.59. The Hall–Kier alpha value is -1.56. The Kier molecular flexibility index (Phi) is 4.11. The molecule has 0 saturated carbocycles. The van der Waals surface area contributed by atoms with Gasteiger partial charge in [-0.1, -0.05) is 0 Å². The molecule has 0 saturated heterocycles. The topological polar surface area (TPSA) is 39.9 Å². The second kappa shape index (κ2) is 5.35. The van der Waals surface area contributed by atoms with E-state index in [-0.39, 0.29) is 5.92 Å². The van der Waals surface area contributed by atoms with Gasteiger partial charge in [-0.25, -0.2) is 0 Å². The van der Waals surface area contributed by atoms with Crippen LogP contribution < -0.4 is 4.90 Å². The van der Waals surface area contributed by atoms with Gasteiger partial charge in [0.2, 0.25) is 0 Å². The Balaban J connectivity index is 2.84. The number of pyridine rings is 1. The summed E-state index contributed by atoms with van der Waals surface area (Å²) in [5.41, 5.74) is 2.33. The minimum atomic E-state index is 0.0533. The number of hydrogen-bond acceptors (Lipinski definition) is 3. The van der Waals surface area contributed by atoms with Crippen LogP contribution in [-0.2, 0) is 0 Å². The number of anilines is 1. The minimum absolute atomic E-state index is 0.0533. The molecule has 0 aliphatic rings. The SMILES string of the molecule is CCN(CC(C)C#N)c1ccncc1C. The molecule has 80 valence electrons. The average molecular weight is 203 g/mol. The van der Waals surface area contributed by atoms with Crippen LogP contribution in [0, 0.1) is 24.2 Å². The van der Waals surface area contributed by atoms with Gasteiger partial charge < -0.3 is 4.90 Å². The van der Waals surface area contributed by atoms with E-state index in [2.05, 4.69) is 22.9 Å². The Morgan fingerprint density at radius 3 is 2.87 bits per heavy atom. The number of aryl methyl sites for hydroxylation is 1. The van der Waals surface area contributed by atoms with Gasteiger partial charge in [-0.2, -0.15) is 5.26 Å². The minimum Gasteiger partial charge on any atom is -0.370 e. The van der Waals surface area contributed by atoms with Gasteiger partial charge in [0.05, 0.1) is 12.0 Å². The molecule has 1 aromatic heterocycles. The first-order valence-electron chi connectivity index (χ1n) is 5.24. The zero-order chi connectivity index (χ0) is 11.3. The second-order valence-electron chi connectivity index (χ2n) is 3.73. The fourth-order valence-corrected chi connectivity index (χ4v) is 1.59. The monoisotopic (exact) mass is 203 g/mol. The number of rotatable bonds is 4. The highest BCUT2D eigenvalue weighted by molar-refractivity contribution is 5.51. The van der Waals surface area contributed by atoms with E-state index in [1.165, 1.54) is 5.69 Å². The van der Waals surface area contributed by atoms with Crippen molar-refractivity contribution in [2.24, 2.45) is 5.92 Å². The van der Waals surface area contributed by atoms with Gasteiger partial charge in [0.25, 0.3) is 0 Å². The largest absolute Gasteiger partial charge is 0.370 e. The fraction of sp³-hybridized carbons (Fsp3) is 0.500. The molecule has 0 fully saturated rings. The van der Waals surface area contributed by atoms with Crippen LogP contribution in [0.25, 0.3) is 0 Å². The molecule has 0 bridgehead atoms. The van der Waals surface area contributed by atoms with E-state index < -0.39 is 0 Å². The molecule has 1 atom stereocenters. The average Bonchev–Trinajstić information content (AvgIpc) is 2.26. The van der Waals surface area contributed by atoms with E-state index in [9.17, 15) is 0 Å². The lowest BCUT2D eigenvalue weighted by Gasteiger charge is -2.25. The molecule has 15 heavy (non-hydrogen) atoms. The molecule has 1 rings (SSSR count). The highest BCUT2D eigenvalue weighted by atomic mass is 15.1. The Labute approximate surface area is 91.4 Å². The quantitative estimate of drug-likeness (QED) is 0.754. The first-order chi connectivity index (χ1) is 7.19. The van der Waals surface area contributed by atoms with Gasteiger partial charge in [0.15, 0.2) is 0 Å². The van der Waals surface area contributed by atoms with Crippen molar-refractivity contribution >= 4 is 5.69 Å². The molecule has 0 N–H and O–H groups in total. The molecule has 1 unspecified atom stereocenters. The molecule has 1 heterocycles. The van der Waals surface area contributed by atoms with Crippen molar-refractivity contribution in [2.75, 3.05) is 18.0 Å². The maximum absolute atomic E-state index is 8.81. The number of hydrogen-bond donors (Lipinski definition) is 0. The predicted molar refractivity (Wildman–Crippen MR) is 61.6 cm³/mol. The molecular formula is C12H17N3. The predicted octanol–water partition coefficient (Wildman–Crippen LogP) is 2.38. The van der Waals surface area contributed by atoms with Crippen molar-refractivity contribution in [1.29, 1.82) is 5.26 Å². The van der Waals surface area contributed by atoms with Gasteiger partial charge in [0, 0.05) is 31.2 Å². The van der Waals surface area contributed by atoms with Crippen LogP contribution in [0.4, 0.5) is 5.69 Å². The van der Waals surface area contributed by atoms with Gasteiger partial charge in [0.1, 0.15) is 0 Å². The van der Waals surface area contributed by atoms with Crippen molar-refractivity contribution in [3.8, 4) is 6.07 Å². The van der Waals surface area contributed by atoms with Crippen LogP contribution in [0.3, 0.4) is 0 Å². The van der Waals surface area contributed by atoms with Crippen molar-refractivity contribution in [3.05, 3.63) is 24.0 Å². The number of aromatic nitrogens is 1. The second-order valence-corrected chi connectivity index (χ2v) is 3.73. The van der Waals surface area contributed by atoms with E-state index in [0.717, 1.165) is 18.7 Å². The number of nitriles is 1. The first-order valence-corrected chi connectivity index (χ1v) is 5.24. The third kappa shape index (κ3) is 2.95. The van der Waals surface area contributed by atoms with Crippen LogP contribution in [0.5, 0.6) is 0 Å². The molecule has 0 spiro atoms. The van der Waals surface area contributed by atoms with Crippen LogP contribution in [0.1, 0.15) is 19.4 Å². The van der Waals surface area contributed by atoms with E-state index in [1.807, 2.05) is 26.1 Å². The lowest BCUT2D eigenvalue weighted by molar-refractivity contribution is 0.684. The lowest BCUT2D eigenvalue weighted by atomic mass is 10.1. The molecule has 0 aromatic carbocycles. The molecule has 0 radical (unpaired) electrons. The van der Waals surface area contributed by atoms with Gasteiger partial charge in [-0.15, -0.1) is 0 Å². The van der Waals surface area contributed by atoms with Crippen molar-refractivity contribution in [2.45, 2.75) is 20.8 Å². The zero-order valence-electron chi connectivity index (χ0n) is 9.57. The third-order valence-electron chi connectivity index (χ3n) is 2.43. The third-order valence-corrected chi connectivity index (χ3v) is 2.43. The molecule has 3 heteroatoms. The highest BCUT2D eigenvalue weighted by Crippen LogP contribution is 2.18. The van der Waals surface area contributed by atoms with E-state index in [1.54, 1.807) is 6.20 Å². The summed E-state index contributed by atoms with van der Waals surface area (Å²) in [7, 11) is 0. The molecule has 0 aliphatic carbocycles. The Morgan fingerprint density at radius 1 is 1.60 bits per heavy atom. The summed E-state index contributed by atoms with van der Waals surface area (Å²) < 4.78 is 0. The maximum atomic E-state index is 8.81. The molecular weight excluding hydrogens is 186 g/mol. The summed E-state index contributed by atoms with van der Waals surface area (Å²) >= 11 is 0. The molecule has 0 amide bonds. The molecule has 3 nitrogen and oxygen atoms in total. The van der Waals surface area contributed by atoms with Crippen LogP contribution in [0.15, 0.2) is 18.5 Å². The standard InChI is InChI=1S/C12H17N3/c1-4-15(9-10(2)7-13)12-5-6-14-8-11(12)3/h5-6,8,10H,4,9H2,1-3H3.